The highest BCUT2D eigenvalue weighted by molar-refractivity contribution is 6.02. The van der Waals surface area contributed by atoms with Crippen LogP contribution in [0.4, 0.5) is 20.3 Å². The number of methoxy groups -OCH3 is 1. The molecule has 6 nitrogen and oxygen atoms in total. The van der Waals surface area contributed by atoms with Gasteiger partial charge >= 0.3 is 0 Å². The molecule has 2 rings (SSSR count). The molecule has 8 heteroatoms. The van der Waals surface area contributed by atoms with Crippen LogP contribution in [0, 0.1) is 11.6 Å². The zero-order valence-corrected chi connectivity index (χ0v) is 11.8. The van der Waals surface area contributed by atoms with Crippen molar-refractivity contribution in [2.75, 3.05) is 30.9 Å². The number of rotatable bonds is 6. The number of nitrogens with zero attached hydrogens (tertiary/aromatic N) is 2. The van der Waals surface area contributed by atoms with E-state index in [-0.39, 0.29) is 11.4 Å². The lowest BCUT2D eigenvalue weighted by Crippen LogP contribution is -2.16. The van der Waals surface area contributed by atoms with Crippen LogP contribution >= 0.6 is 0 Å². The maximum atomic E-state index is 13.5. The number of aromatic nitrogens is 2. The van der Waals surface area contributed by atoms with E-state index in [0.717, 1.165) is 12.1 Å². The summed E-state index contributed by atoms with van der Waals surface area (Å²) < 4.78 is 31.1. The number of hydrogen-bond acceptors (Lipinski definition) is 5. The third-order valence-electron chi connectivity index (χ3n) is 2.69. The van der Waals surface area contributed by atoms with E-state index < -0.39 is 17.5 Å². The first-order valence-corrected chi connectivity index (χ1v) is 6.43. The van der Waals surface area contributed by atoms with Gasteiger partial charge in [-0.05, 0) is 24.3 Å². The van der Waals surface area contributed by atoms with Gasteiger partial charge in [0.25, 0.3) is 5.91 Å². The van der Waals surface area contributed by atoms with Crippen LogP contribution in [0.5, 0.6) is 0 Å². The molecule has 0 saturated carbocycles. The van der Waals surface area contributed by atoms with Gasteiger partial charge in [0.05, 0.1) is 12.3 Å². The number of nitrogens with one attached hydrogen (secondary N) is 2. The average molecular weight is 308 g/mol. The van der Waals surface area contributed by atoms with E-state index in [1.807, 2.05) is 0 Å². The van der Waals surface area contributed by atoms with Crippen LogP contribution in [0.2, 0.25) is 0 Å². The highest BCUT2D eigenvalue weighted by atomic mass is 19.1. The van der Waals surface area contributed by atoms with Gasteiger partial charge in [0, 0.05) is 19.7 Å². The van der Waals surface area contributed by atoms with Crippen molar-refractivity contribution in [1.29, 1.82) is 0 Å². The van der Waals surface area contributed by atoms with E-state index in [1.165, 1.54) is 6.07 Å². The standard InChI is InChI=1S/C14H14F2N4O2/c1-22-7-6-17-13-5-4-12(19-20-13)14(21)18-11-3-2-9(15)8-10(11)16/h2-5,8H,6-7H2,1H3,(H,17,20)(H,18,21). The molecule has 0 bridgehead atoms. The summed E-state index contributed by atoms with van der Waals surface area (Å²) in [6, 6.07) is 5.88. The third kappa shape index (κ3) is 4.19. The normalized spacial score (nSPS) is 10.3. The van der Waals surface area contributed by atoms with E-state index in [9.17, 15) is 13.6 Å². The lowest BCUT2D eigenvalue weighted by Gasteiger charge is -2.07. The number of anilines is 2. The molecule has 1 aromatic carbocycles. The molecule has 0 aliphatic rings. The number of carbonyl (C=O) groups is 1. The Kier molecular flexibility index (Phi) is 5.31. The minimum Gasteiger partial charge on any atom is -0.383 e. The van der Waals surface area contributed by atoms with Crippen molar-refractivity contribution in [1.82, 2.24) is 10.2 Å². The molecule has 2 N–H and O–H groups in total. The van der Waals surface area contributed by atoms with Crippen molar-refractivity contribution < 1.29 is 18.3 Å². The Morgan fingerprint density at radius 2 is 2.05 bits per heavy atom. The number of hydrogen-bond donors (Lipinski definition) is 2. The molecule has 0 radical (unpaired) electrons. The van der Waals surface area contributed by atoms with Gasteiger partial charge in [0.2, 0.25) is 0 Å². The molecule has 0 aliphatic carbocycles. The number of halogens is 2. The minimum absolute atomic E-state index is 0.0148. The maximum absolute atomic E-state index is 13.5. The van der Waals surface area contributed by atoms with Crippen molar-refractivity contribution in [2.24, 2.45) is 0 Å². The SMILES string of the molecule is COCCNc1ccc(C(=O)Nc2ccc(F)cc2F)nn1. The fourth-order valence-electron chi connectivity index (χ4n) is 1.61. The molecule has 2 aromatic rings. The van der Waals surface area contributed by atoms with E-state index in [2.05, 4.69) is 20.8 Å². The molecule has 0 saturated heterocycles. The zero-order chi connectivity index (χ0) is 15.9. The Morgan fingerprint density at radius 3 is 2.68 bits per heavy atom. The summed E-state index contributed by atoms with van der Waals surface area (Å²) in [5, 5.41) is 12.8. The van der Waals surface area contributed by atoms with Gasteiger partial charge in [-0.25, -0.2) is 8.78 Å². The summed E-state index contributed by atoms with van der Waals surface area (Å²) in [6.07, 6.45) is 0. The molecule has 1 aromatic heterocycles. The first-order valence-electron chi connectivity index (χ1n) is 6.43. The van der Waals surface area contributed by atoms with Crippen LogP contribution in [0.1, 0.15) is 10.5 Å². The van der Waals surface area contributed by atoms with Crippen molar-refractivity contribution in [3.05, 3.63) is 47.7 Å². The summed E-state index contributed by atoms with van der Waals surface area (Å²) in [6.45, 7) is 1.06. The molecule has 0 spiro atoms. The lowest BCUT2D eigenvalue weighted by molar-refractivity contribution is 0.102. The molecule has 116 valence electrons. The van der Waals surface area contributed by atoms with Crippen LogP contribution in [-0.2, 0) is 4.74 Å². The predicted molar refractivity (Wildman–Crippen MR) is 76.7 cm³/mol. The van der Waals surface area contributed by atoms with Gasteiger partial charge < -0.3 is 15.4 Å². The average Bonchev–Trinajstić information content (AvgIpc) is 2.51. The van der Waals surface area contributed by atoms with Gasteiger partial charge in [-0.15, -0.1) is 10.2 Å². The Hall–Kier alpha value is -2.61. The fourth-order valence-corrected chi connectivity index (χ4v) is 1.61. The van der Waals surface area contributed by atoms with Crippen LogP contribution in [-0.4, -0.2) is 36.4 Å². The van der Waals surface area contributed by atoms with Gasteiger partial charge in [-0.3, -0.25) is 4.79 Å². The molecule has 0 fully saturated rings. The second-order valence-corrected chi connectivity index (χ2v) is 4.30. The highest BCUT2D eigenvalue weighted by Gasteiger charge is 2.12. The maximum Gasteiger partial charge on any atom is 0.276 e. The van der Waals surface area contributed by atoms with E-state index in [1.54, 1.807) is 13.2 Å². The number of amides is 1. The summed E-state index contributed by atoms with van der Waals surface area (Å²) >= 11 is 0. The minimum atomic E-state index is -0.862. The Bertz CT molecular complexity index is 650. The topological polar surface area (TPSA) is 76.1 Å². The van der Waals surface area contributed by atoms with Crippen molar-refractivity contribution in [3.8, 4) is 0 Å². The zero-order valence-electron chi connectivity index (χ0n) is 11.8. The van der Waals surface area contributed by atoms with Crippen molar-refractivity contribution in [2.45, 2.75) is 0 Å². The van der Waals surface area contributed by atoms with Gasteiger partial charge in [-0.2, -0.15) is 0 Å². The van der Waals surface area contributed by atoms with Crippen LogP contribution < -0.4 is 10.6 Å². The Morgan fingerprint density at radius 1 is 1.23 bits per heavy atom. The summed E-state index contributed by atoms with van der Waals surface area (Å²) in [4.78, 5) is 11.9. The molecule has 0 atom stereocenters. The molecular formula is C14H14F2N4O2. The van der Waals surface area contributed by atoms with Gasteiger partial charge in [0.1, 0.15) is 17.5 Å². The van der Waals surface area contributed by atoms with Crippen LogP contribution in [0.25, 0.3) is 0 Å². The van der Waals surface area contributed by atoms with E-state index in [0.29, 0.717) is 25.0 Å². The molecule has 22 heavy (non-hydrogen) atoms. The monoisotopic (exact) mass is 308 g/mol. The number of carbonyl (C=O) groups excluding carboxylic acids is 1. The van der Waals surface area contributed by atoms with Crippen LogP contribution in [0.15, 0.2) is 30.3 Å². The summed E-state index contributed by atoms with van der Waals surface area (Å²) in [7, 11) is 1.58. The van der Waals surface area contributed by atoms with Crippen molar-refractivity contribution in [3.63, 3.8) is 0 Å². The Labute approximate surface area is 125 Å². The second-order valence-electron chi connectivity index (χ2n) is 4.30. The second kappa shape index (κ2) is 7.41. The van der Waals surface area contributed by atoms with E-state index in [4.69, 9.17) is 4.74 Å². The molecule has 0 unspecified atom stereocenters. The quantitative estimate of drug-likeness (QED) is 0.799. The Balaban J connectivity index is 2.00. The smallest absolute Gasteiger partial charge is 0.276 e. The predicted octanol–water partition coefficient (Wildman–Crippen LogP) is 2.07. The molecule has 0 aliphatic heterocycles. The summed E-state index contributed by atoms with van der Waals surface area (Å²) in [5.41, 5.74) is -0.114. The highest BCUT2D eigenvalue weighted by Crippen LogP contribution is 2.15. The van der Waals surface area contributed by atoms with E-state index >= 15 is 0 Å². The number of benzene rings is 1. The molecular weight excluding hydrogens is 294 g/mol. The first kappa shape index (κ1) is 15.8. The fraction of sp³-hybridized carbons (Fsp3) is 0.214. The van der Waals surface area contributed by atoms with Crippen molar-refractivity contribution >= 4 is 17.4 Å². The third-order valence-corrected chi connectivity index (χ3v) is 2.69. The summed E-state index contributed by atoms with van der Waals surface area (Å²) in [5.74, 6) is -1.73. The van der Waals surface area contributed by atoms with Gasteiger partial charge in [0.15, 0.2) is 5.69 Å². The van der Waals surface area contributed by atoms with Gasteiger partial charge in [-0.1, -0.05) is 0 Å². The number of ether oxygens (including phenoxy) is 1. The lowest BCUT2D eigenvalue weighted by atomic mass is 10.2. The molecule has 1 amide bonds. The largest absolute Gasteiger partial charge is 0.383 e. The first-order chi connectivity index (χ1) is 10.6. The van der Waals surface area contributed by atoms with Crippen LogP contribution in [0.3, 0.4) is 0 Å². The molecule has 1 heterocycles.